The van der Waals surface area contributed by atoms with Crippen molar-refractivity contribution in [3.8, 4) is 0 Å². The Balaban J connectivity index is 2.58. The molecular weight excluding hydrogens is 120 g/mol. The summed E-state index contributed by atoms with van der Waals surface area (Å²) in [6.07, 6.45) is 2.85. The number of amides is 1. The molecule has 0 aliphatic heterocycles. The van der Waals surface area contributed by atoms with Crippen molar-refractivity contribution in [3.63, 3.8) is 0 Å². The van der Waals surface area contributed by atoms with Crippen molar-refractivity contribution >= 4 is 5.91 Å². The summed E-state index contributed by atoms with van der Waals surface area (Å²) in [5, 5.41) is 0. The molecule has 1 heterocycles. The Kier molecular flexibility index (Phi) is 1.48. The molecule has 0 saturated carbocycles. The van der Waals surface area contributed by atoms with Crippen molar-refractivity contribution in [2.75, 3.05) is 0 Å². The summed E-state index contributed by atoms with van der Waals surface area (Å²) in [4.78, 5) is 13.8. The van der Waals surface area contributed by atoms with Crippen LogP contribution in [0.2, 0.25) is 0 Å². The fourth-order valence-corrected chi connectivity index (χ4v) is 0.501. The molecule has 0 unspecified atom stereocenters. The minimum atomic E-state index is -0.410. The van der Waals surface area contributed by atoms with E-state index in [9.17, 15) is 4.79 Å². The molecule has 9 heavy (non-hydrogen) atoms. The van der Waals surface area contributed by atoms with Gasteiger partial charge in [0.05, 0.1) is 12.6 Å². The second kappa shape index (κ2) is 2.30. The Labute approximate surface area is 51.7 Å². The molecule has 0 aliphatic carbocycles. The Morgan fingerprint density at radius 3 is 3.11 bits per heavy atom. The molecule has 1 rings (SSSR count). The van der Waals surface area contributed by atoms with Gasteiger partial charge in [0.25, 0.3) is 0 Å². The number of hydrogen-bond donors (Lipinski definition) is 1. The maximum atomic E-state index is 10.2. The van der Waals surface area contributed by atoms with Gasteiger partial charge < -0.3 is 10.2 Å². The molecule has 0 fully saturated rings. The van der Waals surface area contributed by atoms with Gasteiger partial charge in [0.2, 0.25) is 5.91 Å². The Morgan fingerprint density at radius 1 is 1.89 bits per heavy atom. The molecule has 2 N–H and O–H groups in total. The first kappa shape index (κ1) is 5.81. The summed E-state index contributed by atoms with van der Waals surface area (Å²) in [5.74, 6) is 0.0919. The van der Waals surface area contributed by atoms with Crippen LogP contribution in [0.3, 0.4) is 0 Å². The van der Waals surface area contributed by atoms with E-state index in [4.69, 9.17) is 10.2 Å². The Morgan fingerprint density at radius 2 is 2.67 bits per heavy atom. The van der Waals surface area contributed by atoms with Gasteiger partial charge in [-0.1, -0.05) is 0 Å². The number of nitrogens with zero attached hydrogens (tertiary/aromatic N) is 1. The highest BCUT2D eigenvalue weighted by molar-refractivity contribution is 5.75. The monoisotopic (exact) mass is 126 g/mol. The van der Waals surface area contributed by atoms with Crippen LogP contribution in [-0.2, 0) is 11.2 Å². The van der Waals surface area contributed by atoms with E-state index < -0.39 is 5.91 Å². The molecule has 4 heteroatoms. The smallest absolute Gasteiger partial charge is 0.225 e. The van der Waals surface area contributed by atoms with Gasteiger partial charge in [0.15, 0.2) is 6.39 Å². The quantitative estimate of drug-likeness (QED) is 0.591. The molecule has 0 aromatic carbocycles. The van der Waals surface area contributed by atoms with Crippen LogP contribution in [0.4, 0.5) is 0 Å². The first-order chi connectivity index (χ1) is 4.29. The van der Waals surface area contributed by atoms with Crippen LogP contribution in [-0.4, -0.2) is 10.9 Å². The lowest BCUT2D eigenvalue weighted by atomic mass is 10.3. The normalized spacial score (nSPS) is 9.33. The number of rotatable bonds is 2. The number of carbonyl (C=O) groups excluding carboxylic acids is 1. The minimum Gasteiger partial charge on any atom is -0.448 e. The van der Waals surface area contributed by atoms with Gasteiger partial charge in [-0.05, 0) is 0 Å². The number of hydrogen-bond acceptors (Lipinski definition) is 3. The van der Waals surface area contributed by atoms with Crippen molar-refractivity contribution in [1.82, 2.24) is 4.98 Å². The molecular formula is C5H6N2O2. The summed E-state index contributed by atoms with van der Waals surface area (Å²) in [5.41, 5.74) is 4.86. The standard InChI is InChI=1S/C5H6N2O2/c6-5(8)1-4-2-7-3-9-4/h2-3H,1H2,(H2,6,8). The third kappa shape index (κ3) is 1.56. The summed E-state index contributed by atoms with van der Waals surface area (Å²) < 4.78 is 4.73. The average molecular weight is 126 g/mol. The van der Waals surface area contributed by atoms with Crippen molar-refractivity contribution in [3.05, 3.63) is 18.4 Å². The largest absolute Gasteiger partial charge is 0.448 e. The third-order valence-electron chi connectivity index (χ3n) is 0.832. The van der Waals surface area contributed by atoms with Gasteiger partial charge in [-0.25, -0.2) is 4.98 Å². The number of primary amides is 1. The molecule has 4 nitrogen and oxygen atoms in total. The molecule has 0 radical (unpaired) electrons. The molecule has 0 saturated heterocycles. The van der Waals surface area contributed by atoms with Crippen molar-refractivity contribution in [1.29, 1.82) is 0 Å². The molecule has 1 aromatic rings. The zero-order chi connectivity index (χ0) is 6.69. The number of oxazole rings is 1. The second-order valence-electron chi connectivity index (χ2n) is 1.61. The summed E-state index contributed by atoms with van der Waals surface area (Å²) in [6, 6.07) is 0. The molecule has 0 bridgehead atoms. The van der Waals surface area contributed by atoms with E-state index in [1.807, 2.05) is 0 Å². The van der Waals surface area contributed by atoms with Crippen LogP contribution in [0, 0.1) is 0 Å². The van der Waals surface area contributed by atoms with E-state index in [1.165, 1.54) is 12.6 Å². The van der Waals surface area contributed by atoms with Gasteiger partial charge in [-0.3, -0.25) is 4.79 Å². The lowest BCUT2D eigenvalue weighted by molar-refractivity contribution is -0.117. The van der Waals surface area contributed by atoms with E-state index in [0.29, 0.717) is 5.76 Å². The highest BCUT2D eigenvalue weighted by Crippen LogP contribution is 1.95. The highest BCUT2D eigenvalue weighted by atomic mass is 16.3. The fourth-order valence-electron chi connectivity index (χ4n) is 0.501. The topological polar surface area (TPSA) is 69.1 Å². The zero-order valence-corrected chi connectivity index (χ0v) is 4.70. The van der Waals surface area contributed by atoms with Gasteiger partial charge in [0.1, 0.15) is 5.76 Å². The van der Waals surface area contributed by atoms with Crippen LogP contribution >= 0.6 is 0 Å². The predicted molar refractivity (Wildman–Crippen MR) is 29.4 cm³/mol. The van der Waals surface area contributed by atoms with Crippen molar-refractivity contribution in [2.45, 2.75) is 6.42 Å². The number of aromatic nitrogens is 1. The van der Waals surface area contributed by atoms with E-state index in [1.54, 1.807) is 0 Å². The van der Waals surface area contributed by atoms with E-state index >= 15 is 0 Å². The average Bonchev–Trinajstić information content (AvgIpc) is 2.15. The van der Waals surface area contributed by atoms with E-state index in [2.05, 4.69) is 4.98 Å². The second-order valence-corrected chi connectivity index (χ2v) is 1.61. The molecule has 1 aromatic heterocycles. The molecule has 0 aliphatic rings. The molecule has 0 atom stereocenters. The van der Waals surface area contributed by atoms with E-state index in [-0.39, 0.29) is 6.42 Å². The van der Waals surface area contributed by atoms with Gasteiger partial charge in [0, 0.05) is 0 Å². The van der Waals surface area contributed by atoms with E-state index in [0.717, 1.165) is 0 Å². The predicted octanol–water partition coefficient (Wildman–Crippen LogP) is -0.298. The van der Waals surface area contributed by atoms with Crippen LogP contribution in [0.5, 0.6) is 0 Å². The third-order valence-corrected chi connectivity index (χ3v) is 0.832. The summed E-state index contributed by atoms with van der Waals surface area (Å²) in [7, 11) is 0. The minimum absolute atomic E-state index is 0.125. The summed E-state index contributed by atoms with van der Waals surface area (Å²) >= 11 is 0. The van der Waals surface area contributed by atoms with Gasteiger partial charge in [-0.15, -0.1) is 0 Å². The van der Waals surface area contributed by atoms with Crippen LogP contribution < -0.4 is 5.73 Å². The van der Waals surface area contributed by atoms with Crippen LogP contribution in [0.25, 0.3) is 0 Å². The van der Waals surface area contributed by atoms with Crippen LogP contribution in [0.1, 0.15) is 5.76 Å². The lowest BCUT2D eigenvalue weighted by Gasteiger charge is -1.85. The molecule has 1 amide bonds. The molecule has 48 valence electrons. The van der Waals surface area contributed by atoms with Crippen LogP contribution in [0.15, 0.2) is 17.0 Å². The maximum absolute atomic E-state index is 10.2. The maximum Gasteiger partial charge on any atom is 0.225 e. The molecule has 0 spiro atoms. The lowest BCUT2D eigenvalue weighted by Crippen LogP contribution is -2.12. The first-order valence-electron chi connectivity index (χ1n) is 2.44. The number of carbonyl (C=O) groups is 1. The Hall–Kier alpha value is -1.32. The van der Waals surface area contributed by atoms with Crippen molar-refractivity contribution in [2.24, 2.45) is 5.73 Å². The SMILES string of the molecule is NC(=O)Cc1cnco1. The Bertz CT molecular complexity index is 193. The fraction of sp³-hybridized carbons (Fsp3) is 0.200. The van der Waals surface area contributed by atoms with Crippen molar-refractivity contribution < 1.29 is 9.21 Å². The summed E-state index contributed by atoms with van der Waals surface area (Å²) in [6.45, 7) is 0. The van der Waals surface area contributed by atoms with Gasteiger partial charge in [-0.2, -0.15) is 0 Å². The zero-order valence-electron chi connectivity index (χ0n) is 4.70. The van der Waals surface area contributed by atoms with Gasteiger partial charge >= 0.3 is 0 Å². The first-order valence-corrected chi connectivity index (χ1v) is 2.44. The highest BCUT2D eigenvalue weighted by Gasteiger charge is 1.99. The number of nitrogens with two attached hydrogens (primary N) is 1.